The van der Waals surface area contributed by atoms with E-state index >= 15 is 0 Å². The van der Waals surface area contributed by atoms with Crippen LogP contribution in [0, 0.1) is 13.8 Å². The molecule has 0 aliphatic heterocycles. The molecule has 0 spiro atoms. The third-order valence-electron chi connectivity index (χ3n) is 8.15. The Morgan fingerprint density at radius 3 is 1.62 bits per heavy atom. The topological polar surface area (TPSA) is 13.1 Å². The molecule has 1 aromatic heterocycles. The molecule has 7 aromatic carbocycles. The minimum atomic E-state index is 0.944. The Morgan fingerprint density at radius 2 is 0.923 bits per heavy atom. The molecule has 1 heteroatoms. The quantitative estimate of drug-likeness (QED) is 0.216. The first kappa shape index (κ1) is 22.1. The van der Waals surface area contributed by atoms with Gasteiger partial charge in [0.25, 0.3) is 0 Å². The Labute approximate surface area is 226 Å². The summed E-state index contributed by atoms with van der Waals surface area (Å²) in [5.41, 5.74) is 9.10. The van der Waals surface area contributed by atoms with E-state index in [1.54, 1.807) is 0 Å². The van der Waals surface area contributed by atoms with Crippen LogP contribution in [0.15, 0.2) is 126 Å². The van der Waals surface area contributed by atoms with Crippen LogP contribution in [-0.2, 0) is 0 Å². The first-order chi connectivity index (χ1) is 19.2. The van der Waals surface area contributed by atoms with Crippen molar-refractivity contribution in [1.82, 2.24) is 0 Å². The molecule has 184 valence electrons. The molecule has 39 heavy (non-hydrogen) atoms. The van der Waals surface area contributed by atoms with E-state index < -0.39 is 0 Å². The maximum atomic E-state index is 7.04. The van der Waals surface area contributed by atoms with Crippen LogP contribution in [0.1, 0.15) is 11.1 Å². The molecule has 0 amide bonds. The number of hydrogen-bond acceptors (Lipinski definition) is 1. The van der Waals surface area contributed by atoms with Crippen LogP contribution in [0.4, 0.5) is 0 Å². The molecular formula is C38H26O. The SMILES string of the molecule is Cc1cccc(-c2ccc3c(oc4c3ccc3c5ccccc5c5ccccc5c34)c2-c2cccc(C)c2)c1. The normalized spacial score (nSPS) is 11.8. The number of hydrogen-bond donors (Lipinski definition) is 0. The molecule has 0 atom stereocenters. The average molecular weight is 499 g/mol. The van der Waals surface area contributed by atoms with Gasteiger partial charge in [-0.3, -0.25) is 0 Å². The number of fused-ring (bicyclic) bond motifs is 10. The second kappa shape index (κ2) is 8.31. The van der Waals surface area contributed by atoms with Gasteiger partial charge in [0.15, 0.2) is 0 Å². The van der Waals surface area contributed by atoms with Gasteiger partial charge in [0, 0.05) is 21.7 Å². The molecule has 0 unspecified atom stereocenters. The van der Waals surface area contributed by atoms with Crippen molar-refractivity contribution in [3.63, 3.8) is 0 Å². The molecule has 0 bridgehead atoms. The van der Waals surface area contributed by atoms with Crippen molar-refractivity contribution >= 4 is 54.3 Å². The number of rotatable bonds is 2. The van der Waals surface area contributed by atoms with Crippen LogP contribution in [0.3, 0.4) is 0 Å². The lowest BCUT2D eigenvalue weighted by atomic mass is 9.90. The molecule has 1 heterocycles. The third kappa shape index (κ3) is 3.26. The Morgan fingerprint density at radius 1 is 0.410 bits per heavy atom. The van der Waals surface area contributed by atoms with Gasteiger partial charge in [-0.15, -0.1) is 0 Å². The zero-order valence-corrected chi connectivity index (χ0v) is 22.0. The smallest absolute Gasteiger partial charge is 0.143 e. The van der Waals surface area contributed by atoms with Crippen molar-refractivity contribution in [2.75, 3.05) is 0 Å². The molecule has 0 saturated heterocycles. The Hall–Kier alpha value is -4.88. The van der Waals surface area contributed by atoms with Crippen molar-refractivity contribution in [2.45, 2.75) is 13.8 Å². The first-order valence-electron chi connectivity index (χ1n) is 13.5. The maximum absolute atomic E-state index is 7.04. The van der Waals surface area contributed by atoms with Crippen LogP contribution < -0.4 is 0 Å². The monoisotopic (exact) mass is 498 g/mol. The summed E-state index contributed by atoms with van der Waals surface area (Å²) >= 11 is 0. The predicted molar refractivity (Wildman–Crippen MR) is 167 cm³/mol. The molecule has 0 aliphatic rings. The van der Waals surface area contributed by atoms with Gasteiger partial charge >= 0.3 is 0 Å². The first-order valence-corrected chi connectivity index (χ1v) is 13.5. The Kier molecular flexibility index (Phi) is 4.72. The molecule has 0 radical (unpaired) electrons. The average Bonchev–Trinajstić information content (AvgIpc) is 3.35. The lowest BCUT2D eigenvalue weighted by molar-refractivity contribution is 0.674. The molecule has 0 fully saturated rings. The summed E-state index contributed by atoms with van der Waals surface area (Å²) in [5.74, 6) is 0. The largest absolute Gasteiger partial charge is 0.455 e. The van der Waals surface area contributed by atoms with Gasteiger partial charge in [0.2, 0.25) is 0 Å². The van der Waals surface area contributed by atoms with Crippen molar-refractivity contribution in [1.29, 1.82) is 0 Å². The molecule has 0 saturated carbocycles. The second-order valence-electron chi connectivity index (χ2n) is 10.7. The molecule has 0 N–H and O–H groups in total. The second-order valence-corrected chi connectivity index (χ2v) is 10.7. The minimum absolute atomic E-state index is 0.944. The van der Waals surface area contributed by atoms with Crippen LogP contribution >= 0.6 is 0 Å². The summed E-state index contributed by atoms with van der Waals surface area (Å²) < 4.78 is 7.04. The van der Waals surface area contributed by atoms with Crippen molar-refractivity contribution in [3.8, 4) is 22.3 Å². The van der Waals surface area contributed by atoms with E-state index in [9.17, 15) is 0 Å². The highest BCUT2D eigenvalue weighted by atomic mass is 16.3. The zero-order chi connectivity index (χ0) is 26.1. The molecule has 0 aliphatic carbocycles. The van der Waals surface area contributed by atoms with Crippen molar-refractivity contribution in [3.05, 3.63) is 132 Å². The van der Waals surface area contributed by atoms with Gasteiger partial charge in [-0.1, -0.05) is 120 Å². The van der Waals surface area contributed by atoms with E-state index in [-0.39, 0.29) is 0 Å². The van der Waals surface area contributed by atoms with E-state index in [0.717, 1.165) is 27.5 Å². The third-order valence-corrected chi connectivity index (χ3v) is 8.15. The van der Waals surface area contributed by atoms with Gasteiger partial charge in [0.1, 0.15) is 11.2 Å². The van der Waals surface area contributed by atoms with Crippen LogP contribution in [0.25, 0.3) is 76.5 Å². The number of furan rings is 1. The van der Waals surface area contributed by atoms with Gasteiger partial charge in [-0.2, -0.15) is 0 Å². The summed E-state index contributed by atoms with van der Waals surface area (Å²) in [5, 5.41) is 9.74. The minimum Gasteiger partial charge on any atom is -0.455 e. The van der Waals surface area contributed by atoms with E-state index in [0.29, 0.717) is 0 Å². The van der Waals surface area contributed by atoms with Crippen molar-refractivity contribution in [2.24, 2.45) is 0 Å². The fourth-order valence-corrected chi connectivity index (χ4v) is 6.42. The molecule has 8 rings (SSSR count). The summed E-state index contributed by atoms with van der Waals surface area (Å²) in [6.07, 6.45) is 0. The lowest BCUT2D eigenvalue weighted by Gasteiger charge is -2.12. The Bertz CT molecular complexity index is 2210. The highest BCUT2D eigenvalue weighted by Gasteiger charge is 2.20. The van der Waals surface area contributed by atoms with E-state index in [4.69, 9.17) is 4.42 Å². The lowest BCUT2D eigenvalue weighted by Crippen LogP contribution is -1.88. The van der Waals surface area contributed by atoms with Crippen LogP contribution in [0.5, 0.6) is 0 Å². The summed E-state index contributed by atoms with van der Waals surface area (Å²) in [7, 11) is 0. The summed E-state index contributed by atoms with van der Waals surface area (Å²) in [6.45, 7) is 4.30. The van der Waals surface area contributed by atoms with Gasteiger partial charge in [-0.25, -0.2) is 0 Å². The predicted octanol–water partition coefficient (Wildman–Crippen LogP) is 11.0. The maximum Gasteiger partial charge on any atom is 0.143 e. The van der Waals surface area contributed by atoms with E-state index in [1.807, 2.05) is 0 Å². The van der Waals surface area contributed by atoms with Crippen molar-refractivity contribution < 1.29 is 4.42 Å². The van der Waals surface area contributed by atoms with Gasteiger partial charge < -0.3 is 4.42 Å². The highest BCUT2D eigenvalue weighted by Crippen LogP contribution is 2.46. The van der Waals surface area contributed by atoms with E-state index in [1.165, 1.54) is 60.1 Å². The number of aryl methyl sites for hydroxylation is 2. The molecule has 8 aromatic rings. The highest BCUT2D eigenvalue weighted by molar-refractivity contribution is 6.32. The Balaban J connectivity index is 1.58. The summed E-state index contributed by atoms with van der Waals surface area (Å²) in [6, 6.07) is 44.0. The molecule has 1 nitrogen and oxygen atoms in total. The van der Waals surface area contributed by atoms with Gasteiger partial charge in [0.05, 0.1) is 0 Å². The zero-order valence-electron chi connectivity index (χ0n) is 22.0. The van der Waals surface area contributed by atoms with Gasteiger partial charge in [-0.05, 0) is 69.6 Å². The summed E-state index contributed by atoms with van der Waals surface area (Å²) in [4.78, 5) is 0. The van der Waals surface area contributed by atoms with Crippen LogP contribution in [0.2, 0.25) is 0 Å². The van der Waals surface area contributed by atoms with E-state index in [2.05, 4.69) is 135 Å². The van der Waals surface area contributed by atoms with Crippen LogP contribution in [-0.4, -0.2) is 0 Å². The number of benzene rings is 7. The fraction of sp³-hybridized carbons (Fsp3) is 0.0526. The fourth-order valence-electron chi connectivity index (χ4n) is 6.42. The standard InChI is InChI=1S/C38H26O/c1-23-9-7-11-25(21-23)27-17-19-33-34-20-18-32-30-15-4-3-13-28(30)29-14-5-6-16-31(29)36(32)38(34)39-37(33)35(27)26-12-8-10-24(2)22-26/h3-22H,1-2H3. The molecular weight excluding hydrogens is 472 g/mol.